The first-order chi connectivity index (χ1) is 17.4. The van der Waals surface area contributed by atoms with Gasteiger partial charge in [0.1, 0.15) is 25.9 Å². The van der Waals surface area contributed by atoms with Crippen LogP contribution in [0.3, 0.4) is 0 Å². The van der Waals surface area contributed by atoms with Gasteiger partial charge in [0, 0.05) is 10.9 Å². The van der Waals surface area contributed by atoms with Gasteiger partial charge in [-0.1, -0.05) is 54.6 Å². The molecule has 0 fully saturated rings. The Bertz CT molecular complexity index is 1780. The lowest BCUT2D eigenvalue weighted by atomic mass is 10.1. The zero-order valence-corrected chi connectivity index (χ0v) is 20.3. The lowest BCUT2D eigenvalue weighted by Gasteiger charge is -2.14. The monoisotopic (exact) mass is 536 g/mol. The number of carbonyl (C=O) groups is 1. The molecule has 188 valence electrons. The molecule has 1 N–H and O–H groups in total. The van der Waals surface area contributed by atoms with Crippen LogP contribution in [-0.4, -0.2) is 36.8 Å². The molecule has 12 heteroatoms. The van der Waals surface area contributed by atoms with Crippen molar-refractivity contribution in [3.05, 3.63) is 96.1 Å². The zero-order valence-electron chi connectivity index (χ0n) is 18.7. The van der Waals surface area contributed by atoms with Gasteiger partial charge in [0.2, 0.25) is 0 Å². The number of allylic oxidation sites excluding steroid dienone is 1. The van der Waals surface area contributed by atoms with E-state index in [1.807, 2.05) is 0 Å². The average molecular weight is 537 g/mol. The molecule has 0 aromatic heterocycles. The molecule has 0 heterocycles. The number of aromatic hydroxyl groups is 1. The number of azo groups is 1. The maximum atomic E-state index is 12.2. The third-order valence-corrected chi connectivity index (χ3v) is 6.91. The van der Waals surface area contributed by atoms with Crippen molar-refractivity contribution in [2.45, 2.75) is 9.79 Å². The second-order valence-electron chi connectivity index (χ2n) is 7.72. The number of hydrogen-bond donors (Lipinski definition) is 1. The van der Waals surface area contributed by atoms with E-state index in [0.29, 0.717) is 11.1 Å². The van der Waals surface area contributed by atoms with Crippen molar-refractivity contribution in [1.29, 1.82) is 0 Å². The average Bonchev–Trinajstić information content (AvgIpc) is 2.86. The highest BCUT2D eigenvalue weighted by Crippen LogP contribution is 2.41. The predicted octanol–water partition coefficient (Wildman–Crippen LogP) is 4.67. The second kappa shape index (κ2) is 10.0. The van der Waals surface area contributed by atoms with E-state index in [1.165, 1.54) is 6.08 Å². The van der Waals surface area contributed by atoms with Gasteiger partial charge in [0.05, 0.1) is 15.5 Å². The molecule has 0 spiro atoms. The maximum Gasteiger partial charge on any atom is 0.185 e. The van der Waals surface area contributed by atoms with Gasteiger partial charge in [0.25, 0.3) is 0 Å². The lowest BCUT2D eigenvalue weighted by Crippen LogP contribution is -2.01. The molecule has 0 saturated heterocycles. The van der Waals surface area contributed by atoms with Gasteiger partial charge in [-0.3, -0.25) is 4.79 Å². The number of rotatable bonds is 7. The summed E-state index contributed by atoms with van der Waals surface area (Å²) in [5, 5.41) is 18.2. The highest BCUT2D eigenvalue weighted by atomic mass is 32.2. The molecule has 10 nitrogen and oxygen atoms in total. The van der Waals surface area contributed by atoms with E-state index >= 15 is 0 Å². The molecule has 37 heavy (non-hydrogen) atoms. The van der Waals surface area contributed by atoms with Crippen LogP contribution >= 0.6 is 0 Å². The molecule has 0 amide bonds. The van der Waals surface area contributed by atoms with E-state index in [0.717, 1.165) is 24.3 Å². The van der Waals surface area contributed by atoms with Crippen molar-refractivity contribution < 1.29 is 35.8 Å². The van der Waals surface area contributed by atoms with Crippen LogP contribution in [0.15, 0.2) is 105 Å². The predicted molar refractivity (Wildman–Crippen MR) is 132 cm³/mol. The summed E-state index contributed by atoms with van der Waals surface area (Å²) in [7, 11) is -10.1. The van der Waals surface area contributed by atoms with Gasteiger partial charge in [-0.2, -0.15) is 5.11 Å². The van der Waals surface area contributed by atoms with Crippen LogP contribution in [0.2, 0.25) is 0 Å². The van der Waals surface area contributed by atoms with Crippen LogP contribution < -0.4 is 0 Å². The summed E-state index contributed by atoms with van der Waals surface area (Å²) in [6.07, 6.45) is 3.03. The summed E-state index contributed by atoms with van der Waals surface area (Å²) >= 11 is 0. The largest absolute Gasteiger partial charge is 0.744 e. The fourth-order valence-electron chi connectivity index (χ4n) is 3.41. The zero-order chi connectivity index (χ0) is 26.8. The molecular weight excluding hydrogens is 520 g/mol. The van der Waals surface area contributed by atoms with E-state index < -0.39 is 41.5 Å². The third kappa shape index (κ3) is 5.95. The first-order valence-electron chi connectivity index (χ1n) is 10.4. The standard InChI is InChI=1S/C25H18N2O8S2/c28-22(17-4-2-1-3-5-17)13-8-16-6-9-19(10-7-16)26-27-24-21-12-11-20(36(30,31)32)14-18(21)15-23(25(24)29)37(33,34)35/h1-15,29H,(H,30,31,32)(H,33,34,35)/p-2/b13-8-,27-26?. The Labute approximate surface area is 211 Å². The molecule has 0 atom stereocenters. The number of benzene rings is 4. The van der Waals surface area contributed by atoms with Crippen LogP contribution in [-0.2, 0) is 20.2 Å². The molecule has 0 radical (unpaired) electrons. The lowest BCUT2D eigenvalue weighted by molar-refractivity contribution is 0.104. The normalized spacial score (nSPS) is 12.5. The minimum atomic E-state index is -5.18. The Morgan fingerprint density at radius 3 is 2.11 bits per heavy atom. The van der Waals surface area contributed by atoms with E-state index in [4.69, 9.17) is 0 Å². The first kappa shape index (κ1) is 25.9. The highest BCUT2D eigenvalue weighted by molar-refractivity contribution is 7.86. The summed E-state index contributed by atoms with van der Waals surface area (Å²) in [5.41, 5.74) is 1.10. The minimum Gasteiger partial charge on any atom is -0.744 e. The maximum absolute atomic E-state index is 12.2. The van der Waals surface area contributed by atoms with Crippen molar-refractivity contribution in [3.8, 4) is 5.75 Å². The Kier molecular flexibility index (Phi) is 7.01. The Balaban J connectivity index is 1.68. The van der Waals surface area contributed by atoms with Crippen molar-refractivity contribution in [3.63, 3.8) is 0 Å². The Hall–Kier alpha value is -4.23. The SMILES string of the molecule is O=C(/C=C\c1ccc(N=Nc2c(O)c(S(=O)(=O)[O-])cc3cc(S(=O)(=O)[O-])ccc23)cc1)c1ccccc1. The van der Waals surface area contributed by atoms with Gasteiger partial charge in [-0.25, -0.2) is 16.8 Å². The van der Waals surface area contributed by atoms with E-state index in [2.05, 4.69) is 10.2 Å². The summed E-state index contributed by atoms with van der Waals surface area (Å²) in [6.45, 7) is 0. The van der Waals surface area contributed by atoms with Gasteiger partial charge < -0.3 is 14.2 Å². The summed E-state index contributed by atoms with van der Waals surface area (Å²) in [4.78, 5) is 10.5. The van der Waals surface area contributed by atoms with Crippen molar-refractivity contribution in [1.82, 2.24) is 0 Å². The van der Waals surface area contributed by atoms with Gasteiger partial charge in [-0.15, -0.1) is 5.11 Å². The Morgan fingerprint density at radius 1 is 0.811 bits per heavy atom. The third-order valence-electron chi connectivity index (χ3n) is 5.22. The molecule has 0 aliphatic rings. The number of nitrogens with zero attached hydrogens (tertiary/aromatic N) is 2. The fraction of sp³-hybridized carbons (Fsp3) is 0. The molecule has 4 aromatic rings. The molecule has 0 bridgehead atoms. The molecule has 4 aromatic carbocycles. The number of fused-ring (bicyclic) bond motifs is 1. The van der Waals surface area contributed by atoms with Gasteiger partial charge >= 0.3 is 0 Å². The summed E-state index contributed by atoms with van der Waals surface area (Å²) < 4.78 is 69.0. The van der Waals surface area contributed by atoms with E-state index in [1.54, 1.807) is 60.7 Å². The van der Waals surface area contributed by atoms with Crippen LogP contribution in [0.1, 0.15) is 15.9 Å². The van der Waals surface area contributed by atoms with Crippen LogP contribution in [0.4, 0.5) is 11.4 Å². The molecule has 4 rings (SSSR count). The minimum absolute atomic E-state index is 0.0556. The highest BCUT2D eigenvalue weighted by Gasteiger charge is 2.18. The number of carbonyl (C=O) groups excluding carboxylic acids is 1. The van der Waals surface area contributed by atoms with Crippen molar-refractivity contribution >= 4 is 54.2 Å². The number of hydrogen-bond acceptors (Lipinski definition) is 10. The number of ketones is 1. The van der Waals surface area contributed by atoms with Crippen molar-refractivity contribution in [2.75, 3.05) is 0 Å². The fourth-order valence-corrected chi connectivity index (χ4v) is 4.52. The molecule has 0 aliphatic heterocycles. The summed E-state index contributed by atoms with van der Waals surface area (Å²) in [5.74, 6) is -1.14. The van der Waals surface area contributed by atoms with Crippen LogP contribution in [0.25, 0.3) is 16.8 Å². The quantitative estimate of drug-likeness (QED) is 0.153. The van der Waals surface area contributed by atoms with Crippen LogP contribution in [0, 0.1) is 0 Å². The molecular formula is C25H16N2O8S2-2. The van der Waals surface area contributed by atoms with Gasteiger partial charge in [0.15, 0.2) is 11.5 Å². The van der Waals surface area contributed by atoms with Crippen molar-refractivity contribution in [2.24, 2.45) is 10.2 Å². The van der Waals surface area contributed by atoms with E-state index in [9.17, 15) is 35.8 Å². The molecule has 0 aliphatic carbocycles. The number of phenols is 1. The van der Waals surface area contributed by atoms with E-state index in [-0.39, 0.29) is 22.2 Å². The second-order valence-corrected chi connectivity index (χ2v) is 10.4. The van der Waals surface area contributed by atoms with Crippen LogP contribution in [0.5, 0.6) is 5.75 Å². The first-order valence-corrected chi connectivity index (χ1v) is 13.3. The molecule has 0 saturated carbocycles. The molecule has 0 unspecified atom stereocenters. The topological polar surface area (TPSA) is 176 Å². The van der Waals surface area contributed by atoms with Gasteiger partial charge in [-0.05, 0) is 47.4 Å². The smallest absolute Gasteiger partial charge is 0.185 e. The number of phenolic OH excluding ortho intramolecular Hbond substituents is 1. The Morgan fingerprint density at radius 2 is 1.49 bits per heavy atom. The summed E-state index contributed by atoms with van der Waals surface area (Å²) in [6, 6.07) is 18.9.